The van der Waals surface area contributed by atoms with Gasteiger partial charge in [-0.1, -0.05) is 0 Å². The number of nitrogens with zero attached hydrogens (tertiary/aromatic N) is 1. The highest BCUT2D eigenvalue weighted by molar-refractivity contribution is 6.01. The Morgan fingerprint density at radius 1 is 1.47 bits per heavy atom. The van der Waals surface area contributed by atoms with Crippen LogP contribution >= 0.6 is 0 Å². The first-order valence-corrected chi connectivity index (χ1v) is 4.47. The van der Waals surface area contributed by atoms with E-state index < -0.39 is 22.5 Å². The Labute approximate surface area is 95.2 Å². The number of benzene rings is 1. The monoisotopic (exact) mass is 239 g/mol. The fourth-order valence-electron chi connectivity index (χ4n) is 1.23. The minimum absolute atomic E-state index is 0.0118. The van der Waals surface area contributed by atoms with Crippen molar-refractivity contribution in [1.29, 1.82) is 0 Å². The molecule has 0 radical (unpaired) electrons. The van der Waals surface area contributed by atoms with Gasteiger partial charge in [0.25, 0.3) is 5.69 Å². The van der Waals surface area contributed by atoms with Crippen molar-refractivity contribution in [2.45, 2.75) is 0 Å². The first-order valence-electron chi connectivity index (χ1n) is 4.47. The second kappa shape index (κ2) is 5.03. The predicted octanol–water partition coefficient (Wildman–Crippen LogP) is 0.826. The third kappa shape index (κ3) is 2.98. The lowest BCUT2D eigenvalue weighted by molar-refractivity contribution is -0.385. The van der Waals surface area contributed by atoms with Gasteiger partial charge in [0.05, 0.1) is 22.7 Å². The van der Waals surface area contributed by atoms with Crippen molar-refractivity contribution in [2.24, 2.45) is 5.73 Å². The molecular formula is C9H9N3O5. The smallest absolute Gasteiger partial charge is 0.409 e. The summed E-state index contributed by atoms with van der Waals surface area (Å²) >= 11 is 0. The predicted molar refractivity (Wildman–Crippen MR) is 58.1 cm³/mol. The molecule has 0 unspecified atom stereocenters. The average molecular weight is 239 g/mol. The fourth-order valence-corrected chi connectivity index (χ4v) is 1.23. The zero-order valence-corrected chi connectivity index (χ0v) is 8.54. The Morgan fingerprint density at radius 2 is 2.12 bits per heavy atom. The SMILES string of the molecule is NCC(=O)c1ccc(NC(=O)O)cc1[N+](=O)[O-]. The minimum atomic E-state index is -1.35. The van der Waals surface area contributed by atoms with Crippen LogP contribution in [0.4, 0.5) is 16.2 Å². The largest absolute Gasteiger partial charge is 0.465 e. The Hall–Kier alpha value is -2.48. The molecule has 0 aromatic heterocycles. The van der Waals surface area contributed by atoms with Gasteiger partial charge in [-0.3, -0.25) is 20.2 Å². The quantitative estimate of drug-likeness (QED) is 0.404. The molecular weight excluding hydrogens is 230 g/mol. The molecule has 0 saturated carbocycles. The molecule has 0 heterocycles. The number of ketones is 1. The van der Waals surface area contributed by atoms with E-state index in [0.717, 1.165) is 6.07 Å². The molecule has 1 aromatic carbocycles. The number of nitrogens with one attached hydrogen (secondary N) is 1. The van der Waals surface area contributed by atoms with E-state index in [9.17, 15) is 19.7 Å². The van der Waals surface area contributed by atoms with Crippen LogP contribution in [0.1, 0.15) is 10.4 Å². The molecule has 0 aliphatic heterocycles. The summed E-state index contributed by atoms with van der Waals surface area (Å²) in [4.78, 5) is 31.6. The number of hydrogen-bond donors (Lipinski definition) is 3. The van der Waals surface area contributed by atoms with E-state index in [1.165, 1.54) is 12.1 Å². The number of rotatable bonds is 4. The number of carbonyl (C=O) groups excluding carboxylic acids is 1. The van der Waals surface area contributed by atoms with Crippen molar-refractivity contribution >= 4 is 23.3 Å². The number of hydrogen-bond acceptors (Lipinski definition) is 5. The van der Waals surface area contributed by atoms with Crippen molar-refractivity contribution in [2.75, 3.05) is 11.9 Å². The number of nitro benzene ring substituents is 1. The van der Waals surface area contributed by atoms with Crippen LogP contribution in [0.5, 0.6) is 0 Å². The van der Waals surface area contributed by atoms with Crippen LogP contribution in [0, 0.1) is 10.1 Å². The Kier molecular flexibility index (Phi) is 3.73. The van der Waals surface area contributed by atoms with E-state index in [1.54, 1.807) is 0 Å². The lowest BCUT2D eigenvalue weighted by Crippen LogP contribution is -2.15. The van der Waals surface area contributed by atoms with Gasteiger partial charge in [0.15, 0.2) is 5.78 Å². The van der Waals surface area contributed by atoms with Crippen LogP contribution in [0.25, 0.3) is 0 Å². The van der Waals surface area contributed by atoms with Crippen molar-refractivity contribution in [1.82, 2.24) is 0 Å². The number of nitro groups is 1. The van der Waals surface area contributed by atoms with Crippen LogP contribution < -0.4 is 11.1 Å². The molecule has 0 fully saturated rings. The van der Waals surface area contributed by atoms with Crippen LogP contribution in [-0.2, 0) is 0 Å². The Balaban J connectivity index is 3.22. The highest BCUT2D eigenvalue weighted by Crippen LogP contribution is 2.23. The number of Topliss-reactive ketones (excluding diaryl/α,β-unsaturated/α-hetero) is 1. The summed E-state index contributed by atoms with van der Waals surface area (Å²) < 4.78 is 0. The maximum atomic E-state index is 11.3. The van der Waals surface area contributed by atoms with Gasteiger partial charge >= 0.3 is 6.09 Å². The molecule has 1 rings (SSSR count). The van der Waals surface area contributed by atoms with Gasteiger partial charge in [-0.15, -0.1) is 0 Å². The molecule has 17 heavy (non-hydrogen) atoms. The molecule has 0 aliphatic carbocycles. The summed E-state index contributed by atoms with van der Waals surface area (Å²) in [6.45, 7) is -0.355. The molecule has 0 aliphatic rings. The second-order valence-electron chi connectivity index (χ2n) is 3.05. The molecule has 8 nitrogen and oxygen atoms in total. The summed E-state index contributed by atoms with van der Waals surface area (Å²) in [6.07, 6.45) is -1.35. The highest BCUT2D eigenvalue weighted by Gasteiger charge is 2.19. The van der Waals surface area contributed by atoms with Crippen molar-refractivity contribution < 1.29 is 19.6 Å². The highest BCUT2D eigenvalue weighted by atomic mass is 16.6. The van der Waals surface area contributed by atoms with Gasteiger partial charge in [-0.05, 0) is 12.1 Å². The Bertz CT molecular complexity index is 486. The molecule has 90 valence electrons. The van der Waals surface area contributed by atoms with Crippen molar-refractivity contribution in [3.8, 4) is 0 Å². The van der Waals surface area contributed by atoms with E-state index >= 15 is 0 Å². The van der Waals surface area contributed by atoms with E-state index in [2.05, 4.69) is 0 Å². The molecule has 0 saturated heterocycles. The van der Waals surface area contributed by atoms with Crippen LogP contribution in [-0.4, -0.2) is 28.5 Å². The summed E-state index contributed by atoms with van der Waals surface area (Å²) in [5.41, 5.74) is 4.50. The van der Waals surface area contributed by atoms with Gasteiger partial charge in [-0.25, -0.2) is 4.79 Å². The molecule has 0 atom stereocenters. The standard InChI is InChI=1S/C9H9N3O5/c10-4-8(13)6-2-1-5(11-9(14)15)3-7(6)12(16)17/h1-3,11H,4,10H2,(H,14,15). The lowest BCUT2D eigenvalue weighted by atomic mass is 10.1. The number of nitrogens with two attached hydrogens (primary N) is 1. The van der Waals surface area contributed by atoms with Gasteiger partial charge < -0.3 is 10.8 Å². The summed E-state index contributed by atoms with van der Waals surface area (Å²) in [7, 11) is 0. The average Bonchev–Trinajstić information content (AvgIpc) is 2.27. The number of carboxylic acid groups (broad SMARTS) is 1. The van der Waals surface area contributed by atoms with Crippen LogP contribution in [0.2, 0.25) is 0 Å². The third-order valence-electron chi connectivity index (χ3n) is 1.93. The number of amides is 1. The zero-order chi connectivity index (χ0) is 13.0. The fraction of sp³-hybridized carbons (Fsp3) is 0.111. The van der Waals surface area contributed by atoms with Gasteiger partial charge in [0, 0.05) is 6.07 Å². The molecule has 0 spiro atoms. The minimum Gasteiger partial charge on any atom is -0.465 e. The van der Waals surface area contributed by atoms with E-state index in [4.69, 9.17) is 10.8 Å². The Morgan fingerprint density at radius 3 is 2.59 bits per heavy atom. The maximum absolute atomic E-state index is 11.3. The number of anilines is 1. The van der Waals surface area contributed by atoms with Gasteiger partial charge in [0.1, 0.15) is 0 Å². The van der Waals surface area contributed by atoms with Gasteiger partial charge in [-0.2, -0.15) is 0 Å². The van der Waals surface area contributed by atoms with Crippen LogP contribution in [0.3, 0.4) is 0 Å². The molecule has 1 amide bonds. The molecule has 4 N–H and O–H groups in total. The maximum Gasteiger partial charge on any atom is 0.409 e. The van der Waals surface area contributed by atoms with Crippen molar-refractivity contribution in [3.05, 3.63) is 33.9 Å². The topological polar surface area (TPSA) is 136 Å². The van der Waals surface area contributed by atoms with E-state index in [0.29, 0.717) is 0 Å². The summed E-state index contributed by atoms with van der Waals surface area (Å²) in [5.74, 6) is -0.585. The summed E-state index contributed by atoms with van der Waals surface area (Å²) in [6, 6.07) is 3.39. The molecule has 1 aromatic rings. The lowest BCUT2D eigenvalue weighted by Gasteiger charge is -2.04. The van der Waals surface area contributed by atoms with Crippen molar-refractivity contribution in [3.63, 3.8) is 0 Å². The number of carbonyl (C=O) groups is 2. The third-order valence-corrected chi connectivity index (χ3v) is 1.93. The molecule has 8 heteroatoms. The zero-order valence-electron chi connectivity index (χ0n) is 8.54. The van der Waals surface area contributed by atoms with E-state index in [1.807, 2.05) is 5.32 Å². The first kappa shape index (κ1) is 12.6. The first-order chi connectivity index (χ1) is 7.95. The van der Waals surface area contributed by atoms with Crippen LogP contribution in [0.15, 0.2) is 18.2 Å². The van der Waals surface area contributed by atoms with Gasteiger partial charge in [0.2, 0.25) is 0 Å². The normalized spacial score (nSPS) is 9.71. The second-order valence-corrected chi connectivity index (χ2v) is 3.05. The molecule has 0 bridgehead atoms. The summed E-state index contributed by atoms with van der Waals surface area (Å²) in [5, 5.41) is 21.1. The van der Waals surface area contributed by atoms with E-state index in [-0.39, 0.29) is 17.8 Å².